The summed E-state index contributed by atoms with van der Waals surface area (Å²) in [6.07, 6.45) is 3.21. The maximum absolute atomic E-state index is 12.2. The molecule has 18 heavy (non-hydrogen) atoms. The van der Waals surface area contributed by atoms with Crippen molar-refractivity contribution in [3.05, 3.63) is 18.3 Å². The fourth-order valence-corrected chi connectivity index (χ4v) is 2.62. The van der Waals surface area contributed by atoms with E-state index in [0.29, 0.717) is 17.5 Å². The van der Waals surface area contributed by atoms with Crippen molar-refractivity contribution < 1.29 is 9.53 Å². The first kappa shape index (κ1) is 11.5. The van der Waals surface area contributed by atoms with Gasteiger partial charge in [0.2, 0.25) is 0 Å². The second-order valence-electron chi connectivity index (χ2n) is 4.92. The number of likely N-dealkylation sites (N-methyl/N-ethyl adjacent to an activating group) is 1. The minimum absolute atomic E-state index is 0.00750. The van der Waals surface area contributed by atoms with Crippen molar-refractivity contribution in [1.82, 2.24) is 10.3 Å². The van der Waals surface area contributed by atoms with Gasteiger partial charge in [0, 0.05) is 13.2 Å². The van der Waals surface area contributed by atoms with Gasteiger partial charge < -0.3 is 10.1 Å². The number of carbonyl (C=O) groups is 1. The SMILES string of the molecule is CN1C(=O)C(CC2CCNC2)Oc2cccnc21. The first-order valence-corrected chi connectivity index (χ1v) is 6.35. The van der Waals surface area contributed by atoms with E-state index >= 15 is 0 Å². The zero-order chi connectivity index (χ0) is 12.5. The number of nitrogens with zero attached hydrogens (tertiary/aromatic N) is 2. The van der Waals surface area contributed by atoms with Gasteiger partial charge in [-0.05, 0) is 44.0 Å². The number of ether oxygens (including phenoxy) is 1. The number of fused-ring (bicyclic) bond motifs is 1. The first-order valence-electron chi connectivity index (χ1n) is 6.35. The molecule has 96 valence electrons. The van der Waals surface area contributed by atoms with Crippen LogP contribution in [0.5, 0.6) is 5.75 Å². The Hall–Kier alpha value is -1.62. The second kappa shape index (κ2) is 4.57. The number of hydrogen-bond acceptors (Lipinski definition) is 4. The molecule has 0 aromatic carbocycles. The Kier molecular flexibility index (Phi) is 2.91. The zero-order valence-corrected chi connectivity index (χ0v) is 10.4. The molecule has 0 aliphatic carbocycles. The fourth-order valence-electron chi connectivity index (χ4n) is 2.62. The summed E-state index contributed by atoms with van der Waals surface area (Å²) >= 11 is 0. The van der Waals surface area contributed by atoms with Gasteiger partial charge in [-0.1, -0.05) is 0 Å². The third-order valence-corrected chi connectivity index (χ3v) is 3.65. The number of hydrogen-bond donors (Lipinski definition) is 1. The van der Waals surface area contributed by atoms with Gasteiger partial charge in [0.1, 0.15) is 0 Å². The van der Waals surface area contributed by atoms with E-state index in [1.54, 1.807) is 18.1 Å². The first-order chi connectivity index (χ1) is 8.75. The van der Waals surface area contributed by atoms with E-state index < -0.39 is 0 Å². The molecule has 5 nitrogen and oxygen atoms in total. The van der Waals surface area contributed by atoms with Crippen molar-refractivity contribution in [1.29, 1.82) is 0 Å². The molecule has 2 aliphatic heterocycles. The molecule has 2 unspecified atom stereocenters. The predicted molar refractivity (Wildman–Crippen MR) is 67.7 cm³/mol. The van der Waals surface area contributed by atoms with E-state index in [1.807, 2.05) is 12.1 Å². The molecular formula is C13H17N3O2. The summed E-state index contributed by atoms with van der Waals surface area (Å²) < 4.78 is 5.80. The van der Waals surface area contributed by atoms with Crippen LogP contribution in [0.3, 0.4) is 0 Å². The van der Waals surface area contributed by atoms with Gasteiger partial charge in [0.15, 0.2) is 17.7 Å². The van der Waals surface area contributed by atoms with Gasteiger partial charge in [0.25, 0.3) is 5.91 Å². The average Bonchev–Trinajstić information content (AvgIpc) is 2.89. The smallest absolute Gasteiger partial charge is 0.269 e. The Balaban J connectivity index is 1.79. The van der Waals surface area contributed by atoms with Crippen LogP contribution in [0.2, 0.25) is 0 Å². The van der Waals surface area contributed by atoms with Crippen LogP contribution in [0.25, 0.3) is 0 Å². The highest BCUT2D eigenvalue weighted by Gasteiger charge is 2.35. The lowest BCUT2D eigenvalue weighted by Gasteiger charge is -2.31. The lowest BCUT2D eigenvalue weighted by atomic mass is 9.99. The molecule has 1 aromatic heterocycles. The number of nitrogens with one attached hydrogen (secondary N) is 1. The molecular weight excluding hydrogens is 230 g/mol. The third kappa shape index (κ3) is 1.95. The Morgan fingerprint density at radius 1 is 1.61 bits per heavy atom. The van der Waals surface area contributed by atoms with Gasteiger partial charge in [-0.15, -0.1) is 0 Å². The minimum Gasteiger partial charge on any atom is -0.477 e. The highest BCUT2D eigenvalue weighted by atomic mass is 16.5. The van der Waals surface area contributed by atoms with Gasteiger partial charge in [-0.25, -0.2) is 4.98 Å². The second-order valence-corrected chi connectivity index (χ2v) is 4.92. The number of rotatable bonds is 2. The van der Waals surface area contributed by atoms with E-state index in [1.165, 1.54) is 0 Å². The van der Waals surface area contributed by atoms with Gasteiger partial charge in [0.05, 0.1) is 0 Å². The molecule has 0 radical (unpaired) electrons. The van der Waals surface area contributed by atoms with Crippen LogP contribution >= 0.6 is 0 Å². The molecule has 1 N–H and O–H groups in total. The van der Waals surface area contributed by atoms with Crippen molar-refractivity contribution in [3.8, 4) is 5.75 Å². The Labute approximate surface area is 106 Å². The van der Waals surface area contributed by atoms with Crippen LogP contribution in [-0.2, 0) is 4.79 Å². The van der Waals surface area contributed by atoms with Gasteiger partial charge in [-0.3, -0.25) is 9.69 Å². The van der Waals surface area contributed by atoms with Crippen molar-refractivity contribution in [3.63, 3.8) is 0 Å². The van der Waals surface area contributed by atoms with Crippen LogP contribution in [0.4, 0.5) is 5.82 Å². The Morgan fingerprint density at radius 3 is 3.28 bits per heavy atom. The number of carbonyl (C=O) groups excluding carboxylic acids is 1. The predicted octanol–water partition coefficient (Wildman–Crippen LogP) is 0.805. The summed E-state index contributed by atoms with van der Waals surface area (Å²) in [4.78, 5) is 18.0. The summed E-state index contributed by atoms with van der Waals surface area (Å²) in [5.74, 6) is 1.86. The number of anilines is 1. The molecule has 1 fully saturated rings. The quantitative estimate of drug-likeness (QED) is 0.840. The number of aromatic nitrogens is 1. The van der Waals surface area contributed by atoms with Crippen LogP contribution in [0.1, 0.15) is 12.8 Å². The summed E-state index contributed by atoms with van der Waals surface area (Å²) in [5.41, 5.74) is 0. The molecule has 0 bridgehead atoms. The van der Waals surface area contributed by atoms with Crippen LogP contribution in [0.15, 0.2) is 18.3 Å². The standard InChI is InChI=1S/C13H17N3O2/c1-16-12-10(3-2-5-15-12)18-11(13(16)17)7-9-4-6-14-8-9/h2-3,5,9,11,14H,4,6-8H2,1H3. The molecule has 3 heterocycles. The lowest BCUT2D eigenvalue weighted by molar-refractivity contribution is -0.126. The summed E-state index contributed by atoms with van der Waals surface area (Å²) in [6, 6.07) is 3.70. The van der Waals surface area contributed by atoms with E-state index in [-0.39, 0.29) is 12.0 Å². The lowest BCUT2D eigenvalue weighted by Crippen LogP contribution is -2.45. The highest BCUT2D eigenvalue weighted by Crippen LogP contribution is 2.32. The van der Waals surface area contributed by atoms with Crippen LogP contribution in [0, 0.1) is 5.92 Å². The van der Waals surface area contributed by atoms with E-state index in [2.05, 4.69) is 10.3 Å². The Bertz CT molecular complexity index is 457. The third-order valence-electron chi connectivity index (χ3n) is 3.65. The molecule has 1 saturated heterocycles. The number of pyridine rings is 1. The maximum Gasteiger partial charge on any atom is 0.269 e. The van der Waals surface area contributed by atoms with Gasteiger partial charge >= 0.3 is 0 Å². The molecule has 2 atom stereocenters. The number of amides is 1. The van der Waals surface area contributed by atoms with Crippen LogP contribution < -0.4 is 15.0 Å². The molecule has 3 rings (SSSR count). The fraction of sp³-hybridized carbons (Fsp3) is 0.538. The van der Waals surface area contributed by atoms with Gasteiger partial charge in [-0.2, -0.15) is 0 Å². The van der Waals surface area contributed by atoms with Crippen LogP contribution in [-0.4, -0.2) is 37.1 Å². The largest absolute Gasteiger partial charge is 0.477 e. The topological polar surface area (TPSA) is 54.5 Å². The van der Waals surface area contributed by atoms with Crippen molar-refractivity contribution >= 4 is 11.7 Å². The molecule has 1 amide bonds. The molecule has 5 heteroatoms. The highest BCUT2D eigenvalue weighted by molar-refractivity contribution is 5.98. The van der Waals surface area contributed by atoms with E-state index in [4.69, 9.17) is 4.74 Å². The molecule has 1 aromatic rings. The summed E-state index contributed by atoms with van der Waals surface area (Å²) in [6.45, 7) is 2.02. The van der Waals surface area contributed by atoms with Crippen molar-refractivity contribution in [2.24, 2.45) is 5.92 Å². The summed E-state index contributed by atoms with van der Waals surface area (Å²) in [5, 5.41) is 3.31. The van der Waals surface area contributed by atoms with E-state index in [0.717, 1.165) is 25.9 Å². The summed E-state index contributed by atoms with van der Waals surface area (Å²) in [7, 11) is 1.76. The minimum atomic E-state index is -0.364. The normalized spacial score (nSPS) is 26.9. The van der Waals surface area contributed by atoms with E-state index in [9.17, 15) is 4.79 Å². The maximum atomic E-state index is 12.2. The Morgan fingerprint density at radius 2 is 2.50 bits per heavy atom. The van der Waals surface area contributed by atoms with Crippen molar-refractivity contribution in [2.45, 2.75) is 18.9 Å². The molecule has 0 saturated carbocycles. The average molecular weight is 247 g/mol. The molecule has 2 aliphatic rings. The monoisotopic (exact) mass is 247 g/mol. The van der Waals surface area contributed by atoms with Crippen molar-refractivity contribution in [2.75, 3.05) is 25.0 Å². The molecule has 0 spiro atoms. The zero-order valence-electron chi connectivity index (χ0n) is 10.4.